The summed E-state index contributed by atoms with van der Waals surface area (Å²) in [4.78, 5) is 31.0. The molecule has 1 aliphatic carbocycles. The molecule has 6 nitrogen and oxygen atoms in total. The third-order valence-electron chi connectivity index (χ3n) is 7.63. The molecule has 0 fully saturated rings. The molecule has 2 unspecified atom stereocenters. The number of nitrogen functional groups attached to an aromatic ring is 1. The van der Waals surface area contributed by atoms with Gasteiger partial charge in [0.2, 0.25) is 0 Å². The number of fused-ring (bicyclic) bond motifs is 1. The van der Waals surface area contributed by atoms with E-state index in [0.29, 0.717) is 38.3 Å². The number of alkyl halides is 1. The third kappa shape index (κ3) is 5.42. The van der Waals surface area contributed by atoms with Crippen LogP contribution in [-0.2, 0) is 6.54 Å². The van der Waals surface area contributed by atoms with Crippen molar-refractivity contribution in [2.75, 3.05) is 5.73 Å². The summed E-state index contributed by atoms with van der Waals surface area (Å²) in [5.74, 6) is -0.402. The SMILES string of the molecule is CC=S(NC(=O)c1c(-c2ccc[nH]c2=O)c2cc(Cl)ccc2n1CC1=CC=CCC1(C)F)c1cc(C)c(C)c(N)c1. The van der Waals surface area contributed by atoms with E-state index in [2.05, 4.69) is 9.71 Å². The molecule has 0 radical (unpaired) electrons. The molecular weight excluding hydrogens is 559 g/mol. The summed E-state index contributed by atoms with van der Waals surface area (Å²) in [6.45, 7) is 7.47. The lowest BCUT2D eigenvalue weighted by molar-refractivity contribution is 0.0976. The fourth-order valence-corrected chi connectivity index (χ4v) is 6.70. The predicted molar refractivity (Wildman–Crippen MR) is 170 cm³/mol. The van der Waals surface area contributed by atoms with Gasteiger partial charge in [0.05, 0.1) is 0 Å². The second-order valence-electron chi connectivity index (χ2n) is 10.4. The number of nitrogens with one attached hydrogen (secondary N) is 2. The van der Waals surface area contributed by atoms with Crippen LogP contribution in [0.3, 0.4) is 0 Å². The first-order valence-corrected chi connectivity index (χ1v) is 14.9. The molecule has 0 bridgehead atoms. The molecule has 2 aromatic carbocycles. The maximum Gasteiger partial charge on any atom is 0.278 e. The Morgan fingerprint density at radius 3 is 2.73 bits per heavy atom. The Hall–Kier alpha value is -3.88. The van der Waals surface area contributed by atoms with Crippen LogP contribution in [0.15, 0.2) is 82.2 Å². The zero-order valence-electron chi connectivity index (χ0n) is 23.3. The molecule has 41 heavy (non-hydrogen) atoms. The molecule has 2 atom stereocenters. The Balaban J connectivity index is 1.75. The van der Waals surface area contributed by atoms with E-state index < -0.39 is 22.2 Å². The van der Waals surface area contributed by atoms with E-state index in [1.807, 2.05) is 44.3 Å². The summed E-state index contributed by atoms with van der Waals surface area (Å²) in [6, 6.07) is 12.5. The number of H-pyrrole nitrogens is 1. The number of halogens is 2. The van der Waals surface area contributed by atoms with E-state index >= 15 is 4.39 Å². The summed E-state index contributed by atoms with van der Waals surface area (Å²) in [5.41, 5.74) is 9.19. The van der Waals surface area contributed by atoms with Crippen molar-refractivity contribution >= 4 is 50.1 Å². The van der Waals surface area contributed by atoms with Crippen molar-refractivity contribution in [3.8, 4) is 11.1 Å². The summed E-state index contributed by atoms with van der Waals surface area (Å²) in [5, 5.41) is 2.99. The molecule has 2 heterocycles. The van der Waals surface area contributed by atoms with E-state index in [1.54, 1.807) is 60.2 Å². The first-order valence-electron chi connectivity index (χ1n) is 13.3. The van der Waals surface area contributed by atoms with Crippen molar-refractivity contribution in [3.63, 3.8) is 0 Å². The van der Waals surface area contributed by atoms with Gasteiger partial charge in [-0.15, -0.1) is 0 Å². The maximum atomic E-state index is 15.7. The minimum absolute atomic E-state index is 0.114. The summed E-state index contributed by atoms with van der Waals surface area (Å²) < 4.78 is 20.6. The quantitative estimate of drug-likeness (QED) is 0.163. The molecular formula is C32H32ClFN4O2S. The number of amides is 1. The number of hydrogen-bond acceptors (Lipinski definition) is 3. The highest BCUT2D eigenvalue weighted by Gasteiger charge is 2.32. The van der Waals surface area contributed by atoms with E-state index in [1.165, 1.54) is 0 Å². The second kappa shape index (κ2) is 11.2. The minimum Gasteiger partial charge on any atom is -0.398 e. The van der Waals surface area contributed by atoms with E-state index in [-0.39, 0.29) is 24.2 Å². The zero-order valence-corrected chi connectivity index (χ0v) is 24.9. The molecule has 9 heteroatoms. The Labute approximate surface area is 245 Å². The van der Waals surface area contributed by atoms with Gasteiger partial charge in [0, 0.05) is 56.8 Å². The van der Waals surface area contributed by atoms with Crippen molar-refractivity contribution < 1.29 is 9.18 Å². The van der Waals surface area contributed by atoms with Crippen LogP contribution >= 0.6 is 22.3 Å². The average Bonchev–Trinajstić information content (AvgIpc) is 3.24. The van der Waals surface area contributed by atoms with Gasteiger partial charge < -0.3 is 15.3 Å². The Kier molecular flexibility index (Phi) is 7.81. The van der Waals surface area contributed by atoms with Crippen LogP contribution in [0, 0.1) is 13.8 Å². The van der Waals surface area contributed by atoms with Gasteiger partial charge in [0.15, 0.2) is 0 Å². The van der Waals surface area contributed by atoms with Crippen LogP contribution in [0.1, 0.15) is 41.9 Å². The predicted octanol–water partition coefficient (Wildman–Crippen LogP) is 7.26. The minimum atomic E-state index is -1.59. The van der Waals surface area contributed by atoms with Gasteiger partial charge >= 0.3 is 0 Å². The number of anilines is 1. The van der Waals surface area contributed by atoms with Crippen molar-refractivity contribution in [3.05, 3.63) is 105 Å². The molecule has 1 aliphatic rings. The van der Waals surface area contributed by atoms with Gasteiger partial charge in [-0.3, -0.25) is 14.3 Å². The van der Waals surface area contributed by atoms with E-state index in [0.717, 1.165) is 16.0 Å². The number of nitrogens with two attached hydrogens (primary N) is 1. The van der Waals surface area contributed by atoms with Gasteiger partial charge in [-0.25, -0.2) is 4.39 Å². The number of rotatable bonds is 6. The largest absolute Gasteiger partial charge is 0.398 e. The zero-order chi connectivity index (χ0) is 29.5. The molecule has 4 N–H and O–H groups in total. The van der Waals surface area contributed by atoms with Gasteiger partial charge in [0.1, 0.15) is 11.4 Å². The van der Waals surface area contributed by atoms with E-state index in [4.69, 9.17) is 17.3 Å². The topological polar surface area (TPSA) is 92.9 Å². The van der Waals surface area contributed by atoms with Crippen LogP contribution in [0.2, 0.25) is 5.02 Å². The first kappa shape index (κ1) is 28.6. The van der Waals surface area contributed by atoms with Crippen LogP contribution in [0.25, 0.3) is 22.0 Å². The van der Waals surface area contributed by atoms with Gasteiger partial charge in [0.25, 0.3) is 11.5 Å². The number of hydrogen-bond donors (Lipinski definition) is 3. The smallest absolute Gasteiger partial charge is 0.278 e. The number of aryl methyl sites for hydroxylation is 1. The molecule has 2 aromatic heterocycles. The summed E-state index contributed by atoms with van der Waals surface area (Å²) in [7, 11) is -0.810. The second-order valence-corrected chi connectivity index (χ2v) is 12.6. The summed E-state index contributed by atoms with van der Waals surface area (Å²) >= 11 is 6.43. The fraction of sp³-hybridized carbons (Fsp3) is 0.219. The number of benzene rings is 2. The lowest BCUT2D eigenvalue weighted by atomic mass is 9.90. The van der Waals surface area contributed by atoms with Gasteiger partial charge in [-0.1, -0.05) is 40.5 Å². The summed E-state index contributed by atoms with van der Waals surface area (Å²) in [6.07, 6.45) is 7.15. The number of nitrogens with zero attached hydrogens (tertiary/aromatic N) is 1. The molecule has 212 valence electrons. The van der Waals surface area contributed by atoms with Crippen LogP contribution in [0.4, 0.5) is 10.1 Å². The first-order chi connectivity index (χ1) is 19.5. The Morgan fingerprint density at radius 2 is 2.05 bits per heavy atom. The van der Waals surface area contributed by atoms with Crippen molar-refractivity contribution in [1.29, 1.82) is 0 Å². The normalized spacial score (nSPS) is 17.6. The fourth-order valence-electron chi connectivity index (χ4n) is 5.17. The van der Waals surface area contributed by atoms with Crippen LogP contribution in [-0.4, -0.2) is 26.5 Å². The van der Waals surface area contributed by atoms with Crippen LogP contribution < -0.4 is 16.0 Å². The Morgan fingerprint density at radius 1 is 1.27 bits per heavy atom. The molecule has 0 aliphatic heterocycles. The monoisotopic (exact) mass is 590 g/mol. The Bertz CT molecular complexity index is 1830. The number of pyridine rings is 1. The standard InChI is InChI=1S/C32H32ClFN4O2S/c1-5-41(23-15-19(2)20(3)26(35)17-23)37-31(40)29-28(24-10-8-14-36-30(24)39)25-16-22(33)11-12-27(25)38(29)18-21-9-6-7-13-32(21,4)34/h5-12,14-17H,13,18,35H2,1-4H3,(H,36,39)(H,37,40). The number of aromatic amines is 1. The third-order valence-corrected chi connectivity index (χ3v) is 9.49. The molecule has 0 spiro atoms. The highest BCUT2D eigenvalue weighted by molar-refractivity contribution is 8.13. The maximum absolute atomic E-state index is 15.7. The van der Waals surface area contributed by atoms with Gasteiger partial charge in [-0.2, -0.15) is 0 Å². The molecule has 5 rings (SSSR count). The van der Waals surface area contributed by atoms with Crippen LogP contribution in [0.5, 0.6) is 0 Å². The molecule has 0 saturated heterocycles. The lowest BCUT2D eigenvalue weighted by Crippen LogP contribution is -2.28. The van der Waals surface area contributed by atoms with Crippen molar-refractivity contribution in [2.45, 2.75) is 51.2 Å². The average molecular weight is 591 g/mol. The number of aromatic nitrogens is 2. The number of allylic oxidation sites excluding steroid dienone is 4. The number of carbonyl (C=O) groups excluding carboxylic acids is 1. The molecule has 0 saturated carbocycles. The van der Waals surface area contributed by atoms with Gasteiger partial charge in [-0.05, 0) is 92.2 Å². The van der Waals surface area contributed by atoms with Crippen molar-refractivity contribution in [2.24, 2.45) is 0 Å². The lowest BCUT2D eigenvalue weighted by Gasteiger charge is -2.26. The molecule has 4 aromatic rings. The van der Waals surface area contributed by atoms with Crippen molar-refractivity contribution in [1.82, 2.24) is 14.3 Å². The highest BCUT2D eigenvalue weighted by Crippen LogP contribution is 2.39. The highest BCUT2D eigenvalue weighted by atomic mass is 35.5. The van der Waals surface area contributed by atoms with E-state index in [9.17, 15) is 9.59 Å². The number of carbonyl (C=O) groups is 1. The molecule has 1 amide bonds.